The maximum Gasteiger partial charge on any atom is 0.326 e. The van der Waals surface area contributed by atoms with Gasteiger partial charge in [-0.3, -0.25) is 9.59 Å². The van der Waals surface area contributed by atoms with Crippen LogP contribution in [-0.4, -0.2) is 35.5 Å². The second kappa shape index (κ2) is 9.02. The van der Waals surface area contributed by atoms with Crippen molar-refractivity contribution in [3.63, 3.8) is 0 Å². The Morgan fingerprint density at radius 3 is 2.59 bits per heavy atom. The summed E-state index contributed by atoms with van der Waals surface area (Å²) in [6.45, 7) is 5.58. The Morgan fingerprint density at radius 2 is 1.93 bits per heavy atom. The van der Waals surface area contributed by atoms with E-state index in [0.717, 1.165) is 19.3 Å². The van der Waals surface area contributed by atoms with Gasteiger partial charge in [0.25, 0.3) is 0 Å². The number of benzene rings is 1. The minimum absolute atomic E-state index is 0.0624. The van der Waals surface area contributed by atoms with E-state index in [4.69, 9.17) is 0 Å². The lowest BCUT2D eigenvalue weighted by Crippen LogP contribution is -2.43. The van der Waals surface area contributed by atoms with E-state index in [9.17, 15) is 19.5 Å². The number of carboxylic acid groups (broad SMARTS) is 1. The summed E-state index contributed by atoms with van der Waals surface area (Å²) in [7, 11) is 0. The molecule has 0 saturated carbocycles. The number of aliphatic carboxylic acids is 1. The smallest absolute Gasteiger partial charge is 0.326 e. The van der Waals surface area contributed by atoms with E-state index in [1.54, 1.807) is 20.8 Å². The molecule has 6 heteroatoms. The van der Waals surface area contributed by atoms with Crippen molar-refractivity contribution in [2.75, 3.05) is 6.54 Å². The topological polar surface area (TPSA) is 95.5 Å². The average Bonchev–Trinajstić information content (AvgIpc) is 2.60. The van der Waals surface area contributed by atoms with Gasteiger partial charge in [-0.05, 0) is 42.7 Å². The molecule has 1 aromatic carbocycles. The van der Waals surface area contributed by atoms with Crippen molar-refractivity contribution in [1.82, 2.24) is 10.6 Å². The third kappa shape index (κ3) is 6.08. The Bertz CT molecular complexity index is 694. The number of amides is 2. The number of carbonyl (C=O) groups is 3. The van der Waals surface area contributed by atoms with E-state index < -0.39 is 17.4 Å². The molecule has 2 atom stereocenters. The molecule has 1 aromatic rings. The number of fused-ring (bicyclic) bond motifs is 1. The highest BCUT2D eigenvalue weighted by Gasteiger charge is 2.28. The first-order valence-corrected chi connectivity index (χ1v) is 9.56. The highest BCUT2D eigenvalue weighted by molar-refractivity contribution is 5.85. The normalized spacial score (nSPS) is 17.5. The number of hydrogen-bond donors (Lipinski definition) is 3. The van der Waals surface area contributed by atoms with Gasteiger partial charge < -0.3 is 15.7 Å². The molecular weight excluding hydrogens is 344 g/mol. The van der Waals surface area contributed by atoms with Gasteiger partial charge in [0.2, 0.25) is 11.8 Å². The van der Waals surface area contributed by atoms with Crippen molar-refractivity contribution in [3.8, 4) is 0 Å². The Morgan fingerprint density at radius 1 is 1.22 bits per heavy atom. The molecular formula is C21H30N2O4. The van der Waals surface area contributed by atoms with Crippen LogP contribution in [0.1, 0.15) is 63.5 Å². The van der Waals surface area contributed by atoms with Crippen molar-refractivity contribution in [2.24, 2.45) is 5.41 Å². The van der Waals surface area contributed by atoms with Crippen LogP contribution in [0.25, 0.3) is 0 Å². The molecule has 0 aromatic heterocycles. The Labute approximate surface area is 160 Å². The summed E-state index contributed by atoms with van der Waals surface area (Å²) >= 11 is 0. The van der Waals surface area contributed by atoms with E-state index in [-0.39, 0.29) is 30.7 Å². The van der Waals surface area contributed by atoms with Gasteiger partial charge in [-0.1, -0.05) is 45.0 Å². The summed E-state index contributed by atoms with van der Waals surface area (Å²) in [5.74, 6) is -1.38. The van der Waals surface area contributed by atoms with Crippen LogP contribution in [0.5, 0.6) is 0 Å². The monoisotopic (exact) mass is 374 g/mol. The highest BCUT2D eigenvalue weighted by atomic mass is 16.4. The van der Waals surface area contributed by atoms with E-state index in [2.05, 4.69) is 22.8 Å². The van der Waals surface area contributed by atoms with Gasteiger partial charge in [0.15, 0.2) is 0 Å². The number of hydrogen-bond acceptors (Lipinski definition) is 3. The maximum atomic E-state index is 12.2. The van der Waals surface area contributed by atoms with Crippen LogP contribution in [0.15, 0.2) is 24.3 Å². The van der Waals surface area contributed by atoms with Crippen LogP contribution in [0, 0.1) is 5.41 Å². The summed E-state index contributed by atoms with van der Waals surface area (Å²) in [6.07, 6.45) is 3.42. The zero-order valence-electron chi connectivity index (χ0n) is 16.4. The van der Waals surface area contributed by atoms with Crippen LogP contribution in [0.3, 0.4) is 0 Å². The fourth-order valence-electron chi connectivity index (χ4n) is 3.43. The Hall–Kier alpha value is -2.37. The fourth-order valence-corrected chi connectivity index (χ4v) is 3.43. The molecule has 1 aliphatic carbocycles. The van der Waals surface area contributed by atoms with Crippen molar-refractivity contribution >= 4 is 17.8 Å². The van der Waals surface area contributed by atoms with Crippen molar-refractivity contribution < 1.29 is 19.5 Å². The standard InChI is InChI=1S/C21H30N2O4/c1-21(2,3)20(27)22-12-11-18(24)23-17(19(25)26)13-15-9-6-8-14-7-4-5-10-16(14)15/h4-5,7,10,15,17H,6,8-9,11-13H2,1-3H3,(H,22,27)(H,23,24)(H,25,26). The minimum atomic E-state index is -1.02. The SMILES string of the molecule is CC(C)(C)C(=O)NCCC(=O)NC(CC1CCCc2ccccc21)C(=O)O. The third-order valence-electron chi connectivity index (χ3n) is 4.97. The van der Waals surface area contributed by atoms with Gasteiger partial charge in [-0.2, -0.15) is 0 Å². The molecule has 148 valence electrons. The molecule has 1 aliphatic rings. The minimum Gasteiger partial charge on any atom is -0.480 e. The molecule has 0 aliphatic heterocycles. The van der Waals surface area contributed by atoms with Gasteiger partial charge >= 0.3 is 5.97 Å². The largest absolute Gasteiger partial charge is 0.480 e. The van der Waals surface area contributed by atoms with E-state index in [1.165, 1.54) is 11.1 Å². The number of nitrogens with one attached hydrogen (secondary N) is 2. The molecule has 0 spiro atoms. The van der Waals surface area contributed by atoms with Crippen molar-refractivity contribution in [2.45, 2.75) is 64.8 Å². The van der Waals surface area contributed by atoms with E-state index in [1.807, 2.05) is 12.1 Å². The Balaban J connectivity index is 1.90. The molecule has 0 heterocycles. The molecule has 0 radical (unpaired) electrons. The van der Waals surface area contributed by atoms with Gasteiger partial charge in [0.05, 0.1) is 0 Å². The first-order chi connectivity index (χ1) is 12.7. The zero-order valence-corrected chi connectivity index (χ0v) is 16.4. The number of carboxylic acids is 1. The first-order valence-electron chi connectivity index (χ1n) is 9.56. The Kier molecular flexibility index (Phi) is 6.99. The second-order valence-corrected chi connectivity index (χ2v) is 8.24. The second-order valence-electron chi connectivity index (χ2n) is 8.24. The number of rotatable bonds is 7. The van der Waals surface area contributed by atoms with Crippen molar-refractivity contribution in [1.29, 1.82) is 0 Å². The lowest BCUT2D eigenvalue weighted by Gasteiger charge is -2.28. The maximum absolute atomic E-state index is 12.2. The summed E-state index contributed by atoms with van der Waals surface area (Å²) in [5, 5.41) is 14.9. The lowest BCUT2D eigenvalue weighted by molar-refractivity contribution is -0.142. The molecule has 0 bridgehead atoms. The molecule has 0 fully saturated rings. The van der Waals surface area contributed by atoms with Gasteiger partial charge in [0.1, 0.15) is 6.04 Å². The molecule has 2 rings (SSSR count). The van der Waals surface area contributed by atoms with Crippen LogP contribution < -0.4 is 10.6 Å². The molecule has 3 N–H and O–H groups in total. The molecule has 2 unspecified atom stereocenters. The van der Waals surface area contributed by atoms with E-state index >= 15 is 0 Å². The molecule has 2 amide bonds. The number of carbonyl (C=O) groups excluding carboxylic acids is 2. The zero-order chi connectivity index (χ0) is 20.0. The summed E-state index contributed by atoms with van der Waals surface area (Å²) < 4.78 is 0. The predicted molar refractivity (Wildman–Crippen MR) is 103 cm³/mol. The van der Waals surface area contributed by atoms with Crippen LogP contribution in [-0.2, 0) is 20.8 Å². The van der Waals surface area contributed by atoms with E-state index in [0.29, 0.717) is 6.42 Å². The summed E-state index contributed by atoms with van der Waals surface area (Å²) in [5.41, 5.74) is 1.95. The lowest BCUT2D eigenvalue weighted by atomic mass is 9.79. The first kappa shape index (κ1) is 20.9. The number of aryl methyl sites for hydroxylation is 1. The van der Waals surface area contributed by atoms with Crippen LogP contribution in [0.2, 0.25) is 0 Å². The third-order valence-corrected chi connectivity index (χ3v) is 4.97. The average molecular weight is 374 g/mol. The van der Waals surface area contributed by atoms with Crippen molar-refractivity contribution in [3.05, 3.63) is 35.4 Å². The van der Waals surface area contributed by atoms with Gasteiger partial charge in [-0.15, -0.1) is 0 Å². The van der Waals surface area contributed by atoms with Crippen LogP contribution in [0.4, 0.5) is 0 Å². The molecule has 27 heavy (non-hydrogen) atoms. The highest BCUT2D eigenvalue weighted by Crippen LogP contribution is 2.34. The summed E-state index contributed by atoms with van der Waals surface area (Å²) in [4.78, 5) is 35.6. The quantitative estimate of drug-likeness (QED) is 0.684. The van der Waals surface area contributed by atoms with Gasteiger partial charge in [0, 0.05) is 18.4 Å². The molecule has 0 saturated heterocycles. The predicted octanol–water partition coefficient (Wildman–Crippen LogP) is 2.62. The molecule has 6 nitrogen and oxygen atoms in total. The summed E-state index contributed by atoms with van der Waals surface area (Å²) in [6, 6.07) is 7.20. The van der Waals surface area contributed by atoms with Gasteiger partial charge in [-0.25, -0.2) is 4.79 Å². The van der Waals surface area contributed by atoms with Crippen LogP contribution >= 0.6 is 0 Å². The fraction of sp³-hybridized carbons (Fsp3) is 0.571.